The second-order valence-electron chi connectivity index (χ2n) is 5.76. The average molecular weight is 256 g/mol. The molecule has 18 heavy (non-hydrogen) atoms. The molecule has 1 unspecified atom stereocenters. The fraction of sp³-hybridized carbons (Fsp3) is 0.846. The van der Waals surface area contributed by atoms with Gasteiger partial charge in [-0.05, 0) is 46.6 Å². The molecule has 0 aromatic heterocycles. The first kappa shape index (κ1) is 15.0. The van der Waals surface area contributed by atoms with Crippen molar-refractivity contribution >= 4 is 11.9 Å². The van der Waals surface area contributed by atoms with Gasteiger partial charge in [-0.15, -0.1) is 0 Å². The predicted octanol–water partition coefficient (Wildman–Crippen LogP) is 1.06. The highest BCUT2D eigenvalue weighted by Gasteiger charge is 2.39. The lowest BCUT2D eigenvalue weighted by Gasteiger charge is -2.31. The Labute approximate surface area is 109 Å². The highest BCUT2D eigenvalue weighted by Crippen LogP contribution is 2.24. The third kappa shape index (κ3) is 3.70. The van der Waals surface area contributed by atoms with E-state index in [-0.39, 0.29) is 24.0 Å². The molecule has 0 saturated carbocycles. The van der Waals surface area contributed by atoms with Crippen LogP contribution in [0.3, 0.4) is 0 Å². The van der Waals surface area contributed by atoms with E-state index in [1.165, 1.54) is 0 Å². The lowest BCUT2D eigenvalue weighted by atomic mass is 10.1. The first-order chi connectivity index (χ1) is 8.26. The van der Waals surface area contributed by atoms with E-state index in [9.17, 15) is 9.59 Å². The number of rotatable bonds is 4. The molecular weight excluding hydrogens is 232 g/mol. The van der Waals surface area contributed by atoms with E-state index in [2.05, 4.69) is 0 Å². The lowest BCUT2D eigenvalue weighted by molar-refractivity contribution is -0.161. The Hall–Kier alpha value is -1.10. The normalized spacial score (nSPS) is 22.8. The number of carbonyl (C=O) groups excluding carboxylic acids is 2. The molecule has 1 saturated heterocycles. The van der Waals surface area contributed by atoms with Gasteiger partial charge in [-0.1, -0.05) is 6.92 Å². The molecule has 0 radical (unpaired) electrons. The van der Waals surface area contributed by atoms with Crippen LogP contribution in [0.15, 0.2) is 0 Å². The van der Waals surface area contributed by atoms with Crippen molar-refractivity contribution in [2.75, 3.05) is 6.54 Å². The fourth-order valence-corrected chi connectivity index (χ4v) is 2.38. The quantitative estimate of drug-likeness (QED) is 0.763. The molecule has 0 bridgehead atoms. The van der Waals surface area contributed by atoms with E-state index in [4.69, 9.17) is 10.5 Å². The van der Waals surface area contributed by atoms with Crippen LogP contribution in [0.25, 0.3) is 0 Å². The number of primary amides is 1. The Bertz CT molecular complexity index is 323. The Morgan fingerprint density at radius 2 is 2.06 bits per heavy atom. The molecule has 2 N–H and O–H groups in total. The van der Waals surface area contributed by atoms with Crippen molar-refractivity contribution < 1.29 is 14.3 Å². The minimum atomic E-state index is -0.500. The Morgan fingerprint density at radius 3 is 2.50 bits per heavy atom. The second kappa shape index (κ2) is 5.69. The van der Waals surface area contributed by atoms with Gasteiger partial charge in [0.25, 0.3) is 0 Å². The van der Waals surface area contributed by atoms with Gasteiger partial charge in [0.1, 0.15) is 11.6 Å². The molecule has 0 aromatic carbocycles. The summed E-state index contributed by atoms with van der Waals surface area (Å²) in [5.74, 6) is -0.618. The van der Waals surface area contributed by atoms with Gasteiger partial charge < -0.3 is 10.5 Å². The number of nitrogens with zero attached hydrogens (tertiary/aromatic N) is 1. The van der Waals surface area contributed by atoms with E-state index >= 15 is 0 Å². The van der Waals surface area contributed by atoms with Crippen LogP contribution in [-0.4, -0.2) is 41.0 Å². The standard InChI is InChI=1S/C13H24N2O3/c1-5-9(11(14)16)15-8-6-7-10(15)12(17)18-13(2,3)4/h9-10H,5-8H2,1-4H3,(H2,14,16)/t9?,10-/m1/s1. The van der Waals surface area contributed by atoms with Gasteiger partial charge in [-0.3, -0.25) is 14.5 Å². The van der Waals surface area contributed by atoms with Crippen LogP contribution in [0.4, 0.5) is 0 Å². The molecular formula is C13H24N2O3. The number of likely N-dealkylation sites (tertiary alicyclic amines) is 1. The Kier molecular flexibility index (Phi) is 4.73. The van der Waals surface area contributed by atoms with Crippen LogP contribution in [0, 0.1) is 0 Å². The third-order valence-corrected chi connectivity index (χ3v) is 3.09. The van der Waals surface area contributed by atoms with E-state index in [1.54, 1.807) is 0 Å². The summed E-state index contributed by atoms with van der Waals surface area (Å²) in [5.41, 5.74) is 4.88. The molecule has 5 nitrogen and oxygen atoms in total. The summed E-state index contributed by atoms with van der Waals surface area (Å²) >= 11 is 0. The third-order valence-electron chi connectivity index (χ3n) is 3.09. The topological polar surface area (TPSA) is 72.6 Å². The predicted molar refractivity (Wildman–Crippen MR) is 68.8 cm³/mol. The van der Waals surface area contributed by atoms with Crippen LogP contribution in [0.1, 0.15) is 47.0 Å². The molecule has 0 aromatic rings. The zero-order chi connectivity index (χ0) is 13.9. The highest BCUT2D eigenvalue weighted by molar-refractivity contribution is 5.82. The number of hydrogen-bond donors (Lipinski definition) is 1. The molecule has 1 heterocycles. The van der Waals surface area contributed by atoms with Gasteiger partial charge in [0.05, 0.1) is 6.04 Å². The minimum Gasteiger partial charge on any atom is -0.459 e. The molecule has 1 fully saturated rings. The van der Waals surface area contributed by atoms with Crippen LogP contribution >= 0.6 is 0 Å². The van der Waals surface area contributed by atoms with Gasteiger partial charge in [-0.25, -0.2) is 0 Å². The largest absolute Gasteiger partial charge is 0.459 e. The van der Waals surface area contributed by atoms with Crippen molar-refractivity contribution in [3.05, 3.63) is 0 Å². The first-order valence-corrected chi connectivity index (χ1v) is 6.54. The van der Waals surface area contributed by atoms with Gasteiger partial charge in [0.2, 0.25) is 5.91 Å². The molecule has 2 atom stereocenters. The average Bonchev–Trinajstić information content (AvgIpc) is 2.64. The van der Waals surface area contributed by atoms with Gasteiger partial charge >= 0.3 is 5.97 Å². The zero-order valence-electron chi connectivity index (χ0n) is 11.7. The highest BCUT2D eigenvalue weighted by atomic mass is 16.6. The van der Waals surface area contributed by atoms with Gasteiger partial charge in [0.15, 0.2) is 0 Å². The number of carbonyl (C=O) groups is 2. The molecule has 104 valence electrons. The smallest absolute Gasteiger partial charge is 0.323 e. The van der Waals surface area contributed by atoms with Crippen molar-refractivity contribution in [1.29, 1.82) is 0 Å². The molecule has 0 spiro atoms. The van der Waals surface area contributed by atoms with E-state index < -0.39 is 5.60 Å². The number of hydrogen-bond acceptors (Lipinski definition) is 4. The summed E-state index contributed by atoms with van der Waals surface area (Å²) in [7, 11) is 0. The molecule has 0 aliphatic carbocycles. The van der Waals surface area contributed by atoms with Crippen LogP contribution in [0.5, 0.6) is 0 Å². The molecule has 1 aliphatic heterocycles. The lowest BCUT2D eigenvalue weighted by Crippen LogP contribution is -2.50. The van der Waals surface area contributed by atoms with Crippen molar-refractivity contribution in [2.45, 2.75) is 64.6 Å². The summed E-state index contributed by atoms with van der Waals surface area (Å²) in [6.07, 6.45) is 2.25. The van der Waals surface area contributed by atoms with E-state index in [1.807, 2.05) is 32.6 Å². The Balaban J connectivity index is 2.75. The molecule has 1 aliphatic rings. The number of amides is 1. The number of nitrogens with two attached hydrogens (primary N) is 1. The van der Waals surface area contributed by atoms with E-state index in [0.29, 0.717) is 6.42 Å². The Morgan fingerprint density at radius 1 is 1.44 bits per heavy atom. The van der Waals surface area contributed by atoms with Crippen LogP contribution in [0.2, 0.25) is 0 Å². The maximum Gasteiger partial charge on any atom is 0.323 e. The van der Waals surface area contributed by atoms with Crippen molar-refractivity contribution in [2.24, 2.45) is 5.73 Å². The number of ether oxygens (including phenoxy) is 1. The fourth-order valence-electron chi connectivity index (χ4n) is 2.38. The molecule has 1 amide bonds. The van der Waals surface area contributed by atoms with E-state index in [0.717, 1.165) is 19.4 Å². The SMILES string of the molecule is CCC(C(N)=O)N1CCC[C@@H]1C(=O)OC(C)(C)C. The summed E-state index contributed by atoms with van der Waals surface area (Å²) in [4.78, 5) is 25.4. The summed E-state index contributed by atoms with van der Waals surface area (Å²) < 4.78 is 5.39. The van der Waals surface area contributed by atoms with Gasteiger partial charge in [0, 0.05) is 0 Å². The van der Waals surface area contributed by atoms with Crippen LogP contribution in [-0.2, 0) is 14.3 Å². The summed E-state index contributed by atoms with van der Waals surface area (Å²) in [6.45, 7) is 8.16. The molecule has 5 heteroatoms. The van der Waals surface area contributed by atoms with Crippen molar-refractivity contribution in [1.82, 2.24) is 4.90 Å². The maximum absolute atomic E-state index is 12.1. The summed E-state index contributed by atoms with van der Waals surface area (Å²) in [6, 6.07) is -0.702. The second-order valence-corrected chi connectivity index (χ2v) is 5.76. The van der Waals surface area contributed by atoms with Crippen molar-refractivity contribution in [3.63, 3.8) is 0 Å². The first-order valence-electron chi connectivity index (χ1n) is 6.54. The van der Waals surface area contributed by atoms with Gasteiger partial charge in [-0.2, -0.15) is 0 Å². The summed E-state index contributed by atoms with van der Waals surface area (Å²) in [5, 5.41) is 0. The zero-order valence-corrected chi connectivity index (χ0v) is 11.7. The van der Waals surface area contributed by atoms with Crippen LogP contribution < -0.4 is 5.73 Å². The van der Waals surface area contributed by atoms with Crippen molar-refractivity contribution in [3.8, 4) is 0 Å². The monoisotopic (exact) mass is 256 g/mol. The number of esters is 1. The maximum atomic E-state index is 12.1. The minimum absolute atomic E-state index is 0.250. The molecule has 1 rings (SSSR count).